The number of aliphatic carboxylic acids is 1. The molecule has 1 aliphatic carbocycles. The van der Waals surface area contributed by atoms with Crippen LogP contribution >= 0.6 is 11.6 Å². The number of hydrogen-bond acceptors (Lipinski definition) is 5. The molecule has 0 aromatic heterocycles. The molecule has 8 heteroatoms. The van der Waals surface area contributed by atoms with Gasteiger partial charge in [-0.3, -0.25) is 4.79 Å². The molecule has 1 unspecified atom stereocenters. The largest absolute Gasteiger partial charge is 0.497 e. The monoisotopic (exact) mass is 407 g/mol. The summed E-state index contributed by atoms with van der Waals surface area (Å²) in [6, 6.07) is 11.0. The molecule has 1 saturated carbocycles. The quantitative estimate of drug-likeness (QED) is 0.613. The fourth-order valence-corrected chi connectivity index (χ4v) is 2.98. The minimum atomic E-state index is -1.86. The molecular weight excluding hydrogens is 389 g/mol. The van der Waals surface area contributed by atoms with Crippen LogP contribution in [0.5, 0.6) is 11.5 Å². The van der Waals surface area contributed by atoms with Crippen molar-refractivity contribution < 1.29 is 28.6 Å². The normalized spacial score (nSPS) is 21.5. The number of methoxy groups -OCH3 is 1. The summed E-state index contributed by atoms with van der Waals surface area (Å²) in [6.07, 6.45) is 0.683. The van der Waals surface area contributed by atoms with E-state index in [2.05, 4.69) is 5.32 Å². The minimum Gasteiger partial charge on any atom is -0.497 e. The molecule has 28 heavy (non-hydrogen) atoms. The van der Waals surface area contributed by atoms with E-state index in [4.69, 9.17) is 26.2 Å². The Morgan fingerprint density at radius 1 is 1.36 bits per heavy atom. The number of ether oxygens (including phenoxy) is 2. The lowest BCUT2D eigenvalue weighted by molar-refractivity contribution is -0.139. The van der Waals surface area contributed by atoms with Crippen LogP contribution in [0.1, 0.15) is 18.0 Å². The Bertz CT molecular complexity index is 875. The summed E-state index contributed by atoms with van der Waals surface area (Å²) in [7, 11) is 1.47. The summed E-state index contributed by atoms with van der Waals surface area (Å²) < 4.78 is 25.0. The van der Waals surface area contributed by atoms with E-state index in [0.29, 0.717) is 22.2 Å². The third-order valence-corrected chi connectivity index (χ3v) is 4.84. The summed E-state index contributed by atoms with van der Waals surface area (Å²) in [5, 5.41) is 12.5. The Balaban J connectivity index is 1.74. The molecule has 0 bridgehead atoms. The van der Waals surface area contributed by atoms with Crippen LogP contribution in [0.25, 0.3) is 0 Å². The number of carbonyl (C=O) groups is 2. The average molecular weight is 408 g/mol. The van der Waals surface area contributed by atoms with Gasteiger partial charge in [0.1, 0.15) is 30.4 Å². The van der Waals surface area contributed by atoms with Crippen LogP contribution < -0.4 is 14.8 Å². The second kappa shape index (κ2) is 8.06. The highest BCUT2D eigenvalue weighted by molar-refractivity contribution is 6.30. The van der Waals surface area contributed by atoms with Crippen molar-refractivity contribution in [2.24, 2.45) is 5.92 Å². The Morgan fingerprint density at radius 2 is 2.04 bits per heavy atom. The fraction of sp³-hybridized carbons (Fsp3) is 0.300. The van der Waals surface area contributed by atoms with Gasteiger partial charge in [-0.05, 0) is 17.7 Å². The zero-order chi connectivity index (χ0) is 20.3. The number of benzene rings is 2. The second-order valence-electron chi connectivity index (χ2n) is 6.63. The Labute approximate surface area is 166 Å². The highest BCUT2D eigenvalue weighted by Gasteiger charge is 2.61. The van der Waals surface area contributed by atoms with Crippen molar-refractivity contribution in [3.8, 4) is 11.5 Å². The first-order valence-electron chi connectivity index (χ1n) is 8.55. The molecule has 0 saturated heterocycles. The lowest BCUT2D eigenvalue weighted by atomic mass is 10.1. The van der Waals surface area contributed by atoms with Crippen LogP contribution in [0, 0.1) is 5.92 Å². The van der Waals surface area contributed by atoms with Crippen molar-refractivity contribution >= 4 is 29.5 Å². The molecule has 2 N–H and O–H groups in total. The number of aldehydes is 1. The fourth-order valence-electron chi connectivity index (χ4n) is 2.85. The summed E-state index contributed by atoms with van der Waals surface area (Å²) >= 11 is 5.88. The van der Waals surface area contributed by atoms with E-state index in [9.17, 15) is 14.0 Å². The van der Waals surface area contributed by atoms with E-state index in [1.165, 1.54) is 7.11 Å². The third kappa shape index (κ3) is 4.54. The molecular formula is C20H19ClFNO5. The zero-order valence-electron chi connectivity index (χ0n) is 15.0. The first-order chi connectivity index (χ1) is 13.3. The van der Waals surface area contributed by atoms with Crippen molar-refractivity contribution in [3.05, 3.63) is 53.1 Å². The van der Waals surface area contributed by atoms with Crippen LogP contribution in [0.4, 0.5) is 10.1 Å². The maximum absolute atomic E-state index is 14.3. The van der Waals surface area contributed by atoms with E-state index in [1.54, 1.807) is 42.5 Å². The molecule has 3 rings (SSSR count). The molecule has 6 nitrogen and oxygen atoms in total. The van der Waals surface area contributed by atoms with Gasteiger partial charge in [-0.2, -0.15) is 0 Å². The van der Waals surface area contributed by atoms with Gasteiger partial charge in [0.2, 0.25) is 0 Å². The standard InChI is InChI=1S/C20H19ClFNO5/c1-27-15-6-14(23-18(10-24)12-2-4-13(21)5-3-12)7-16(8-15)28-11-20(22)9-17(20)19(25)26/h2-8,10,17-18,23H,9,11H2,1H3,(H,25,26)/t17-,18?,20+/m1/s1. The maximum atomic E-state index is 14.3. The summed E-state index contributed by atoms with van der Waals surface area (Å²) in [4.78, 5) is 22.4. The molecule has 0 heterocycles. The number of carboxylic acids is 1. The predicted octanol–water partition coefficient (Wildman–Crippen LogP) is 3.89. The van der Waals surface area contributed by atoms with E-state index < -0.39 is 23.6 Å². The molecule has 1 aliphatic rings. The molecule has 0 amide bonds. The SMILES string of the molecule is COc1cc(NC(C=O)c2ccc(Cl)cc2)cc(OC[C@@]2(F)C[C@@H]2C(=O)O)c1. The van der Waals surface area contributed by atoms with Crippen LogP contribution in [-0.2, 0) is 9.59 Å². The van der Waals surface area contributed by atoms with E-state index >= 15 is 0 Å². The van der Waals surface area contributed by atoms with Crippen LogP contribution in [-0.4, -0.2) is 36.7 Å². The van der Waals surface area contributed by atoms with Gasteiger partial charge in [0.15, 0.2) is 5.67 Å². The summed E-state index contributed by atoms with van der Waals surface area (Å²) in [5.41, 5.74) is -0.619. The third-order valence-electron chi connectivity index (χ3n) is 4.59. The van der Waals surface area contributed by atoms with Crippen molar-refractivity contribution in [1.82, 2.24) is 0 Å². The van der Waals surface area contributed by atoms with Gasteiger partial charge in [-0.1, -0.05) is 23.7 Å². The van der Waals surface area contributed by atoms with E-state index in [1.807, 2.05) is 0 Å². The van der Waals surface area contributed by atoms with Crippen molar-refractivity contribution in [2.75, 3.05) is 19.0 Å². The molecule has 0 aliphatic heterocycles. The topological polar surface area (TPSA) is 84.9 Å². The number of carbonyl (C=O) groups excluding carboxylic acids is 1. The predicted molar refractivity (Wildman–Crippen MR) is 102 cm³/mol. The number of halogens is 2. The van der Waals surface area contributed by atoms with Gasteiger partial charge < -0.3 is 24.7 Å². The van der Waals surface area contributed by atoms with Gasteiger partial charge in [0, 0.05) is 35.3 Å². The van der Waals surface area contributed by atoms with E-state index in [0.717, 1.165) is 11.8 Å². The number of rotatable bonds is 9. The van der Waals surface area contributed by atoms with Crippen molar-refractivity contribution in [1.29, 1.82) is 0 Å². The number of anilines is 1. The summed E-state index contributed by atoms with van der Waals surface area (Å²) in [5.74, 6) is -1.47. The molecule has 0 radical (unpaired) electrons. The summed E-state index contributed by atoms with van der Waals surface area (Å²) in [6.45, 7) is -0.370. The van der Waals surface area contributed by atoms with Gasteiger partial charge in [-0.25, -0.2) is 4.39 Å². The van der Waals surface area contributed by atoms with E-state index in [-0.39, 0.29) is 13.0 Å². The molecule has 3 atom stereocenters. The molecule has 148 valence electrons. The lowest BCUT2D eigenvalue weighted by Gasteiger charge is -2.17. The van der Waals surface area contributed by atoms with Gasteiger partial charge in [-0.15, -0.1) is 0 Å². The number of hydrogen-bond donors (Lipinski definition) is 2. The minimum absolute atomic E-state index is 0.0683. The average Bonchev–Trinajstić information content (AvgIpc) is 3.37. The highest BCUT2D eigenvalue weighted by Crippen LogP contribution is 2.47. The first kappa shape index (κ1) is 19.9. The molecule has 2 aromatic carbocycles. The number of carboxylic acid groups (broad SMARTS) is 1. The second-order valence-corrected chi connectivity index (χ2v) is 7.06. The number of alkyl halides is 1. The van der Waals surface area contributed by atoms with Crippen LogP contribution in [0.2, 0.25) is 5.02 Å². The maximum Gasteiger partial charge on any atom is 0.310 e. The molecule has 0 spiro atoms. The first-order valence-corrected chi connectivity index (χ1v) is 8.93. The molecule has 1 fully saturated rings. The smallest absolute Gasteiger partial charge is 0.310 e. The molecule has 2 aromatic rings. The zero-order valence-corrected chi connectivity index (χ0v) is 15.8. The van der Waals surface area contributed by atoms with Crippen molar-refractivity contribution in [2.45, 2.75) is 18.1 Å². The Hall–Kier alpha value is -2.80. The lowest BCUT2D eigenvalue weighted by Crippen LogP contribution is -2.20. The Kier molecular flexibility index (Phi) is 5.74. The number of nitrogens with one attached hydrogen (secondary N) is 1. The Morgan fingerprint density at radius 3 is 2.61 bits per heavy atom. The highest BCUT2D eigenvalue weighted by atomic mass is 35.5. The van der Waals surface area contributed by atoms with Crippen LogP contribution in [0.15, 0.2) is 42.5 Å². The van der Waals surface area contributed by atoms with Crippen LogP contribution in [0.3, 0.4) is 0 Å². The van der Waals surface area contributed by atoms with Gasteiger partial charge in [0.25, 0.3) is 0 Å². The van der Waals surface area contributed by atoms with Crippen molar-refractivity contribution in [3.63, 3.8) is 0 Å². The van der Waals surface area contributed by atoms with Gasteiger partial charge in [0.05, 0.1) is 13.0 Å². The van der Waals surface area contributed by atoms with Gasteiger partial charge >= 0.3 is 5.97 Å².